The van der Waals surface area contributed by atoms with Crippen molar-refractivity contribution in [2.75, 3.05) is 26.8 Å². The van der Waals surface area contributed by atoms with Crippen molar-refractivity contribution in [3.8, 4) is 5.75 Å². The van der Waals surface area contributed by atoms with Crippen LogP contribution in [0.15, 0.2) is 24.3 Å². The molecule has 0 spiro atoms. The van der Waals surface area contributed by atoms with E-state index >= 15 is 0 Å². The van der Waals surface area contributed by atoms with Crippen molar-refractivity contribution < 1.29 is 9.47 Å². The van der Waals surface area contributed by atoms with Crippen molar-refractivity contribution >= 4 is 0 Å². The zero-order valence-electron chi connectivity index (χ0n) is 13.3. The van der Waals surface area contributed by atoms with Gasteiger partial charge in [0.25, 0.3) is 0 Å². The molecule has 0 saturated carbocycles. The number of hydrogen-bond donors (Lipinski definition) is 1. The molecule has 0 fully saturated rings. The number of methoxy groups -OCH3 is 1. The summed E-state index contributed by atoms with van der Waals surface area (Å²) in [5.74, 6) is 1.53. The maximum absolute atomic E-state index is 5.68. The van der Waals surface area contributed by atoms with Crippen LogP contribution in [0.4, 0.5) is 0 Å². The number of nitrogens with one attached hydrogen (secondary N) is 1. The average molecular weight is 279 g/mol. The number of ether oxygens (including phenoxy) is 2. The highest BCUT2D eigenvalue weighted by Gasteiger charge is 2.10. The fourth-order valence-electron chi connectivity index (χ4n) is 2.19. The standard InChI is InChI=1S/C17H29NO2/c1-5-18-13-16(10-11-20-14(2)3)12-15-6-8-17(19-4)9-7-15/h6-9,14,16,18H,5,10-13H2,1-4H3. The second kappa shape index (κ2) is 9.78. The summed E-state index contributed by atoms with van der Waals surface area (Å²) in [6, 6.07) is 8.37. The molecule has 0 radical (unpaired) electrons. The largest absolute Gasteiger partial charge is 0.497 e. The second-order valence-electron chi connectivity index (χ2n) is 5.43. The lowest BCUT2D eigenvalue weighted by molar-refractivity contribution is 0.0683. The summed E-state index contributed by atoms with van der Waals surface area (Å²) in [5, 5.41) is 3.45. The van der Waals surface area contributed by atoms with Crippen LogP contribution in [0.2, 0.25) is 0 Å². The Morgan fingerprint density at radius 3 is 2.40 bits per heavy atom. The van der Waals surface area contributed by atoms with Crippen molar-refractivity contribution in [1.82, 2.24) is 5.32 Å². The highest BCUT2D eigenvalue weighted by atomic mass is 16.5. The molecule has 0 saturated heterocycles. The molecule has 1 aromatic carbocycles. The first kappa shape index (κ1) is 17.0. The predicted molar refractivity (Wildman–Crippen MR) is 84.4 cm³/mol. The van der Waals surface area contributed by atoms with E-state index in [1.54, 1.807) is 7.11 Å². The summed E-state index contributed by atoms with van der Waals surface area (Å²) in [5.41, 5.74) is 1.36. The molecular weight excluding hydrogens is 250 g/mol. The average Bonchev–Trinajstić information content (AvgIpc) is 2.45. The van der Waals surface area contributed by atoms with E-state index in [2.05, 4.69) is 38.2 Å². The zero-order valence-corrected chi connectivity index (χ0v) is 13.3. The molecule has 0 aliphatic rings. The van der Waals surface area contributed by atoms with Crippen LogP contribution in [0, 0.1) is 5.92 Å². The molecule has 0 amide bonds. The van der Waals surface area contributed by atoms with Crippen LogP contribution in [0.3, 0.4) is 0 Å². The van der Waals surface area contributed by atoms with Crippen molar-refractivity contribution in [2.45, 2.75) is 39.7 Å². The third kappa shape index (κ3) is 6.92. The first-order valence-corrected chi connectivity index (χ1v) is 7.61. The Labute approximate surface area is 123 Å². The van der Waals surface area contributed by atoms with Crippen molar-refractivity contribution in [1.29, 1.82) is 0 Å². The summed E-state index contributed by atoms with van der Waals surface area (Å²) in [7, 11) is 1.70. The van der Waals surface area contributed by atoms with Gasteiger partial charge >= 0.3 is 0 Å². The van der Waals surface area contributed by atoms with E-state index in [1.165, 1.54) is 5.56 Å². The summed E-state index contributed by atoms with van der Waals surface area (Å²) >= 11 is 0. The van der Waals surface area contributed by atoms with E-state index in [4.69, 9.17) is 9.47 Å². The van der Waals surface area contributed by atoms with E-state index in [0.29, 0.717) is 12.0 Å². The normalized spacial score (nSPS) is 12.7. The summed E-state index contributed by atoms with van der Waals surface area (Å²) < 4.78 is 10.9. The van der Waals surface area contributed by atoms with E-state index in [0.717, 1.165) is 38.3 Å². The highest BCUT2D eigenvalue weighted by molar-refractivity contribution is 5.27. The molecule has 3 heteroatoms. The van der Waals surface area contributed by atoms with Crippen LogP contribution in [0.5, 0.6) is 5.75 Å². The van der Waals surface area contributed by atoms with E-state index in [1.807, 2.05) is 12.1 Å². The van der Waals surface area contributed by atoms with Crippen molar-refractivity contribution in [3.05, 3.63) is 29.8 Å². The molecule has 0 aromatic heterocycles. The van der Waals surface area contributed by atoms with E-state index < -0.39 is 0 Å². The third-order valence-corrected chi connectivity index (χ3v) is 3.34. The minimum atomic E-state index is 0.316. The monoisotopic (exact) mass is 279 g/mol. The molecule has 3 nitrogen and oxygen atoms in total. The van der Waals surface area contributed by atoms with Gasteiger partial charge in [0.1, 0.15) is 5.75 Å². The molecule has 1 N–H and O–H groups in total. The van der Waals surface area contributed by atoms with Gasteiger partial charge < -0.3 is 14.8 Å². The van der Waals surface area contributed by atoms with Gasteiger partial charge in [0, 0.05) is 6.61 Å². The van der Waals surface area contributed by atoms with Gasteiger partial charge in [-0.15, -0.1) is 0 Å². The number of hydrogen-bond acceptors (Lipinski definition) is 3. The smallest absolute Gasteiger partial charge is 0.118 e. The highest BCUT2D eigenvalue weighted by Crippen LogP contribution is 2.16. The predicted octanol–water partition coefficient (Wildman–Crippen LogP) is 3.28. The quantitative estimate of drug-likeness (QED) is 0.713. The Morgan fingerprint density at radius 2 is 1.85 bits per heavy atom. The van der Waals surface area contributed by atoms with Crippen LogP contribution in [-0.2, 0) is 11.2 Å². The summed E-state index contributed by atoms with van der Waals surface area (Å²) in [6.45, 7) is 9.22. The molecule has 0 aliphatic heterocycles. The second-order valence-corrected chi connectivity index (χ2v) is 5.43. The molecule has 0 bridgehead atoms. The SMILES string of the molecule is CCNCC(CCOC(C)C)Cc1ccc(OC)cc1. The van der Waals surface area contributed by atoms with Gasteiger partial charge in [-0.05, 0) is 63.4 Å². The van der Waals surface area contributed by atoms with Crippen LogP contribution < -0.4 is 10.1 Å². The zero-order chi connectivity index (χ0) is 14.8. The van der Waals surface area contributed by atoms with Gasteiger partial charge in [-0.1, -0.05) is 19.1 Å². The van der Waals surface area contributed by atoms with Gasteiger partial charge in [-0.2, -0.15) is 0 Å². The number of benzene rings is 1. The first-order valence-electron chi connectivity index (χ1n) is 7.61. The van der Waals surface area contributed by atoms with Crippen LogP contribution >= 0.6 is 0 Å². The molecule has 1 unspecified atom stereocenters. The molecular formula is C17H29NO2. The fraction of sp³-hybridized carbons (Fsp3) is 0.647. The number of rotatable bonds is 10. The van der Waals surface area contributed by atoms with Crippen LogP contribution in [0.25, 0.3) is 0 Å². The van der Waals surface area contributed by atoms with Crippen LogP contribution in [-0.4, -0.2) is 32.9 Å². The summed E-state index contributed by atoms with van der Waals surface area (Å²) in [6.07, 6.45) is 2.49. The van der Waals surface area contributed by atoms with Gasteiger partial charge in [0.2, 0.25) is 0 Å². The van der Waals surface area contributed by atoms with Crippen LogP contribution in [0.1, 0.15) is 32.8 Å². The Hall–Kier alpha value is -1.06. The minimum absolute atomic E-state index is 0.316. The molecule has 20 heavy (non-hydrogen) atoms. The lowest BCUT2D eigenvalue weighted by atomic mass is 9.96. The molecule has 1 aromatic rings. The Bertz CT molecular complexity index is 349. The molecule has 114 valence electrons. The molecule has 0 aliphatic carbocycles. The Balaban J connectivity index is 2.48. The molecule has 0 heterocycles. The van der Waals surface area contributed by atoms with Gasteiger partial charge in [-0.25, -0.2) is 0 Å². The van der Waals surface area contributed by atoms with Gasteiger partial charge in [-0.3, -0.25) is 0 Å². The van der Waals surface area contributed by atoms with E-state index in [9.17, 15) is 0 Å². The van der Waals surface area contributed by atoms with Crippen molar-refractivity contribution in [2.24, 2.45) is 5.92 Å². The van der Waals surface area contributed by atoms with Crippen molar-refractivity contribution in [3.63, 3.8) is 0 Å². The lowest BCUT2D eigenvalue weighted by Crippen LogP contribution is -2.25. The molecule has 1 atom stereocenters. The fourth-order valence-corrected chi connectivity index (χ4v) is 2.19. The Kier molecular flexibility index (Phi) is 8.31. The van der Waals surface area contributed by atoms with Gasteiger partial charge in [0.05, 0.1) is 13.2 Å². The molecule has 1 rings (SSSR count). The minimum Gasteiger partial charge on any atom is -0.497 e. The summed E-state index contributed by atoms with van der Waals surface area (Å²) in [4.78, 5) is 0. The van der Waals surface area contributed by atoms with Gasteiger partial charge in [0.15, 0.2) is 0 Å². The first-order chi connectivity index (χ1) is 9.65. The Morgan fingerprint density at radius 1 is 1.15 bits per heavy atom. The van der Waals surface area contributed by atoms with E-state index in [-0.39, 0.29) is 0 Å². The lowest BCUT2D eigenvalue weighted by Gasteiger charge is -2.18. The maximum atomic E-state index is 5.68. The third-order valence-electron chi connectivity index (χ3n) is 3.34. The topological polar surface area (TPSA) is 30.5 Å². The maximum Gasteiger partial charge on any atom is 0.118 e.